The lowest BCUT2D eigenvalue weighted by Gasteiger charge is -2.12. The van der Waals surface area contributed by atoms with Crippen molar-refractivity contribution in [3.05, 3.63) is 36.8 Å². The zero-order valence-corrected chi connectivity index (χ0v) is 15.2. The number of hydrogen-bond acceptors (Lipinski definition) is 3. The van der Waals surface area contributed by atoms with E-state index in [9.17, 15) is 0 Å². The summed E-state index contributed by atoms with van der Waals surface area (Å²) in [4.78, 5) is 4.55. The van der Waals surface area contributed by atoms with Crippen LogP contribution in [0.1, 0.15) is 12.7 Å². The first-order valence-corrected chi connectivity index (χ1v) is 7.73. The second-order valence-electron chi connectivity index (χ2n) is 4.16. The van der Waals surface area contributed by atoms with Crippen LogP contribution in [0.25, 0.3) is 0 Å². The third kappa shape index (κ3) is 8.52. The summed E-state index contributed by atoms with van der Waals surface area (Å²) >= 11 is 1.81. The van der Waals surface area contributed by atoms with Crippen LogP contribution in [0.3, 0.4) is 0 Å². The zero-order valence-electron chi connectivity index (χ0n) is 12.1. The van der Waals surface area contributed by atoms with Crippen LogP contribution in [0.15, 0.2) is 40.5 Å². The number of nitrogens with zero attached hydrogens (tertiary/aromatic N) is 1. The van der Waals surface area contributed by atoms with Gasteiger partial charge in [-0.1, -0.05) is 13.0 Å². The summed E-state index contributed by atoms with van der Waals surface area (Å²) in [6.45, 7) is 8.17. The van der Waals surface area contributed by atoms with Crippen LogP contribution in [0.5, 0.6) is 0 Å². The normalized spacial score (nSPS) is 12.4. The Balaban J connectivity index is 0.00000361. The fourth-order valence-electron chi connectivity index (χ4n) is 1.40. The maximum atomic E-state index is 5.29. The number of rotatable bonds is 8. The van der Waals surface area contributed by atoms with Gasteiger partial charge in [0, 0.05) is 24.8 Å². The monoisotopic (exact) mass is 409 g/mol. The minimum atomic E-state index is 0. The molecule has 0 saturated carbocycles. The van der Waals surface area contributed by atoms with Crippen LogP contribution in [-0.4, -0.2) is 37.1 Å². The molecule has 1 atom stereocenters. The smallest absolute Gasteiger partial charge is 0.191 e. The van der Waals surface area contributed by atoms with Crippen LogP contribution in [-0.2, 0) is 6.42 Å². The highest BCUT2D eigenvalue weighted by molar-refractivity contribution is 14.0. The van der Waals surface area contributed by atoms with Crippen molar-refractivity contribution in [3.63, 3.8) is 0 Å². The first kappa shape index (κ1) is 19.4. The maximum Gasteiger partial charge on any atom is 0.191 e. The molecule has 1 aromatic heterocycles. The lowest BCUT2D eigenvalue weighted by Crippen LogP contribution is -2.38. The predicted molar refractivity (Wildman–Crippen MR) is 99.3 cm³/mol. The Kier molecular flexibility index (Phi) is 11.8. The molecule has 1 aromatic rings. The molecule has 0 aromatic carbocycles. The molecule has 0 aliphatic heterocycles. The molecule has 0 aliphatic carbocycles. The highest BCUT2D eigenvalue weighted by atomic mass is 127. The molecule has 4 nitrogen and oxygen atoms in total. The van der Waals surface area contributed by atoms with E-state index in [-0.39, 0.29) is 24.0 Å². The first-order chi connectivity index (χ1) is 9.26. The van der Waals surface area contributed by atoms with Crippen molar-refractivity contribution in [1.29, 1.82) is 0 Å². The summed E-state index contributed by atoms with van der Waals surface area (Å²) in [6, 6.07) is 3.88. The summed E-state index contributed by atoms with van der Waals surface area (Å²) in [6.07, 6.45) is 6.46. The lowest BCUT2D eigenvalue weighted by molar-refractivity contribution is 0.507. The predicted octanol–water partition coefficient (Wildman–Crippen LogP) is 2.91. The Morgan fingerprint density at radius 1 is 1.55 bits per heavy atom. The van der Waals surface area contributed by atoms with Crippen LogP contribution in [0.2, 0.25) is 0 Å². The van der Waals surface area contributed by atoms with Gasteiger partial charge in [-0.05, 0) is 18.4 Å². The van der Waals surface area contributed by atoms with Crippen molar-refractivity contribution in [1.82, 2.24) is 10.6 Å². The van der Waals surface area contributed by atoms with E-state index >= 15 is 0 Å². The second kappa shape index (κ2) is 12.1. The Morgan fingerprint density at radius 3 is 2.95 bits per heavy atom. The van der Waals surface area contributed by atoms with E-state index in [1.54, 1.807) is 6.26 Å². The number of furan rings is 1. The van der Waals surface area contributed by atoms with E-state index in [0.717, 1.165) is 31.2 Å². The van der Waals surface area contributed by atoms with E-state index in [4.69, 9.17) is 4.42 Å². The van der Waals surface area contributed by atoms with Gasteiger partial charge < -0.3 is 15.1 Å². The summed E-state index contributed by atoms with van der Waals surface area (Å²) < 4.78 is 5.29. The van der Waals surface area contributed by atoms with Gasteiger partial charge in [0.05, 0.1) is 12.8 Å². The van der Waals surface area contributed by atoms with Gasteiger partial charge in [0.15, 0.2) is 5.96 Å². The van der Waals surface area contributed by atoms with Gasteiger partial charge in [-0.3, -0.25) is 4.99 Å². The Hall–Kier alpha value is -0.630. The van der Waals surface area contributed by atoms with E-state index in [1.165, 1.54) is 0 Å². The highest BCUT2D eigenvalue weighted by Gasteiger charge is 2.01. The quantitative estimate of drug-likeness (QED) is 0.300. The zero-order chi connectivity index (χ0) is 13.9. The fourth-order valence-corrected chi connectivity index (χ4v) is 1.62. The molecule has 20 heavy (non-hydrogen) atoms. The molecule has 0 bridgehead atoms. The third-order valence-corrected chi connectivity index (χ3v) is 3.52. The average Bonchev–Trinajstić information content (AvgIpc) is 2.94. The second-order valence-corrected chi connectivity index (χ2v) is 5.44. The average molecular weight is 409 g/mol. The number of hydrogen-bond donors (Lipinski definition) is 2. The van der Waals surface area contributed by atoms with Gasteiger partial charge in [-0.2, -0.15) is 11.8 Å². The molecule has 1 rings (SSSR count). The molecule has 114 valence electrons. The van der Waals surface area contributed by atoms with E-state index in [0.29, 0.717) is 11.8 Å². The largest absolute Gasteiger partial charge is 0.469 e. The Morgan fingerprint density at radius 2 is 2.35 bits per heavy atom. The number of halogens is 1. The van der Waals surface area contributed by atoms with Crippen molar-refractivity contribution < 1.29 is 4.42 Å². The third-order valence-electron chi connectivity index (χ3n) is 2.57. The van der Waals surface area contributed by atoms with E-state index in [1.807, 2.05) is 30.0 Å². The maximum absolute atomic E-state index is 5.29. The lowest BCUT2D eigenvalue weighted by atomic mass is 10.3. The number of thioether (sulfide) groups is 1. The molecule has 0 amide bonds. The molecular weight excluding hydrogens is 385 g/mol. The number of aliphatic imine (C=N–C) groups is 1. The van der Waals surface area contributed by atoms with Crippen molar-refractivity contribution >= 4 is 41.7 Å². The first-order valence-electron chi connectivity index (χ1n) is 6.44. The fraction of sp³-hybridized carbons (Fsp3) is 0.500. The van der Waals surface area contributed by atoms with Gasteiger partial charge >= 0.3 is 0 Å². The molecule has 6 heteroatoms. The summed E-state index contributed by atoms with van der Waals surface area (Å²) in [5.41, 5.74) is 0. The van der Waals surface area contributed by atoms with Gasteiger partial charge in [0.2, 0.25) is 0 Å². The summed E-state index contributed by atoms with van der Waals surface area (Å²) in [7, 11) is 0. The minimum Gasteiger partial charge on any atom is -0.469 e. The molecule has 0 spiro atoms. The molecule has 1 heterocycles. The van der Waals surface area contributed by atoms with Gasteiger partial charge in [0.1, 0.15) is 5.76 Å². The minimum absolute atomic E-state index is 0. The number of guanidine groups is 1. The summed E-state index contributed by atoms with van der Waals surface area (Å²) in [5, 5.41) is 7.02. The highest BCUT2D eigenvalue weighted by Crippen LogP contribution is 2.04. The van der Waals surface area contributed by atoms with Crippen LogP contribution in [0, 0.1) is 0 Å². The topological polar surface area (TPSA) is 49.6 Å². The van der Waals surface area contributed by atoms with E-state index < -0.39 is 0 Å². The molecule has 0 radical (unpaired) electrons. The molecule has 2 N–H and O–H groups in total. The number of nitrogens with one attached hydrogen (secondary N) is 2. The van der Waals surface area contributed by atoms with Crippen LogP contribution >= 0.6 is 35.7 Å². The van der Waals surface area contributed by atoms with Crippen LogP contribution < -0.4 is 10.6 Å². The molecular formula is C14H24IN3OS. The van der Waals surface area contributed by atoms with Crippen molar-refractivity contribution in [2.45, 2.75) is 18.6 Å². The van der Waals surface area contributed by atoms with Crippen molar-refractivity contribution in [3.8, 4) is 0 Å². The van der Waals surface area contributed by atoms with Gasteiger partial charge in [-0.15, -0.1) is 30.6 Å². The molecule has 0 aliphatic rings. The molecule has 0 saturated heterocycles. The van der Waals surface area contributed by atoms with Gasteiger partial charge in [-0.25, -0.2) is 0 Å². The standard InChI is InChI=1S/C14H23N3OS.HI/c1-4-8-15-14(17-11-12(2)19-3)16-9-7-13-6-5-10-18-13;/h4-6,10,12H,1,7-9,11H2,2-3H3,(H2,15,16,17);1H. The Labute approximate surface area is 142 Å². The van der Waals surface area contributed by atoms with Crippen molar-refractivity contribution in [2.75, 3.05) is 25.9 Å². The Bertz CT molecular complexity index is 382. The van der Waals surface area contributed by atoms with Crippen LogP contribution in [0.4, 0.5) is 0 Å². The summed E-state index contributed by atoms with van der Waals surface area (Å²) in [5.74, 6) is 1.81. The van der Waals surface area contributed by atoms with E-state index in [2.05, 4.69) is 35.4 Å². The SMILES string of the molecule is C=CCNC(=NCC(C)SC)NCCc1ccco1.I. The molecule has 0 fully saturated rings. The molecule has 1 unspecified atom stereocenters. The van der Waals surface area contributed by atoms with Gasteiger partial charge in [0.25, 0.3) is 0 Å². The van der Waals surface area contributed by atoms with Crippen molar-refractivity contribution in [2.24, 2.45) is 4.99 Å².